The molecule has 0 saturated heterocycles. The number of amides is 2. The van der Waals surface area contributed by atoms with Gasteiger partial charge in [-0.1, -0.05) is 42.4 Å². The summed E-state index contributed by atoms with van der Waals surface area (Å²) in [4.78, 5) is 33.1. The number of carbonyl (C=O) groups is 2. The second kappa shape index (κ2) is 11.2. The van der Waals surface area contributed by atoms with Gasteiger partial charge in [0.2, 0.25) is 5.91 Å². The summed E-state index contributed by atoms with van der Waals surface area (Å²) >= 11 is 7.81. The summed E-state index contributed by atoms with van der Waals surface area (Å²) in [5.74, 6) is 0.357. The van der Waals surface area contributed by atoms with Gasteiger partial charge in [0, 0.05) is 22.4 Å². The normalized spacial score (nSPS) is 17.7. The molecule has 2 aliphatic rings. The van der Waals surface area contributed by atoms with Crippen molar-refractivity contribution >= 4 is 46.0 Å². The molecule has 36 heavy (non-hydrogen) atoms. The largest absolute Gasteiger partial charge is 0.497 e. The molecule has 2 amide bonds. The van der Waals surface area contributed by atoms with Crippen LogP contribution in [0, 0.1) is 0 Å². The minimum atomic E-state index is -0.493. The molecular formula is C27H29ClN4O3S. The first-order valence-electron chi connectivity index (χ1n) is 11.7. The minimum absolute atomic E-state index is 0.0715. The molecule has 9 heteroatoms. The van der Waals surface area contributed by atoms with Crippen molar-refractivity contribution in [1.82, 2.24) is 10.2 Å². The molecule has 0 aromatic heterocycles. The first-order valence-corrected chi connectivity index (χ1v) is 13.0. The third-order valence-corrected chi connectivity index (χ3v) is 7.24. The van der Waals surface area contributed by atoms with Crippen molar-refractivity contribution in [2.75, 3.05) is 12.4 Å². The van der Waals surface area contributed by atoms with Crippen LogP contribution in [0.5, 0.6) is 5.75 Å². The standard InChI is InChI=1S/C27H29ClN4O3S/c1-5-16(2)29-23(33)14-21-15-36-27-30-17(3)24(25(32(21)27)18-7-6-8-19(28)13-18)26(34)31-20-9-11-22(35-4)12-10-20/h6-13,15-16,25H,5,14H2,1-4H3,(H,29,33)(H,31,34)/t16-,25-/m1/s1. The maximum atomic E-state index is 13.7. The summed E-state index contributed by atoms with van der Waals surface area (Å²) in [7, 11) is 1.59. The molecular weight excluding hydrogens is 496 g/mol. The van der Waals surface area contributed by atoms with Gasteiger partial charge in [-0.3, -0.25) is 9.59 Å². The van der Waals surface area contributed by atoms with E-state index in [4.69, 9.17) is 21.3 Å². The number of thioether (sulfide) groups is 1. The molecule has 2 N–H and O–H groups in total. The number of anilines is 1. The number of ether oxygens (including phenoxy) is 1. The van der Waals surface area contributed by atoms with E-state index in [1.165, 1.54) is 11.8 Å². The van der Waals surface area contributed by atoms with Gasteiger partial charge in [0.05, 0.1) is 30.8 Å². The Morgan fingerprint density at radius 3 is 2.64 bits per heavy atom. The summed E-state index contributed by atoms with van der Waals surface area (Å²) in [6, 6.07) is 14.2. The fourth-order valence-corrected chi connectivity index (χ4v) is 5.28. The second-order valence-corrected chi connectivity index (χ2v) is 9.96. The van der Waals surface area contributed by atoms with Crippen LogP contribution in [0.25, 0.3) is 0 Å². The lowest BCUT2D eigenvalue weighted by Crippen LogP contribution is -2.39. The Labute approximate surface area is 220 Å². The predicted molar refractivity (Wildman–Crippen MR) is 146 cm³/mol. The number of rotatable bonds is 8. The number of fused-ring (bicyclic) bond motifs is 1. The van der Waals surface area contributed by atoms with E-state index in [0.717, 1.165) is 22.8 Å². The van der Waals surface area contributed by atoms with Crippen molar-refractivity contribution in [3.63, 3.8) is 0 Å². The summed E-state index contributed by atoms with van der Waals surface area (Å²) in [6.45, 7) is 5.84. The number of allylic oxidation sites excluding steroid dienone is 1. The van der Waals surface area contributed by atoms with E-state index in [1.54, 1.807) is 37.4 Å². The van der Waals surface area contributed by atoms with Gasteiger partial charge in [-0.15, -0.1) is 0 Å². The van der Waals surface area contributed by atoms with E-state index >= 15 is 0 Å². The van der Waals surface area contributed by atoms with Crippen LogP contribution in [0.3, 0.4) is 0 Å². The zero-order valence-corrected chi connectivity index (χ0v) is 22.2. The molecule has 0 radical (unpaired) electrons. The number of nitrogens with zero attached hydrogens (tertiary/aromatic N) is 2. The number of hydrogen-bond donors (Lipinski definition) is 2. The van der Waals surface area contributed by atoms with E-state index < -0.39 is 6.04 Å². The van der Waals surface area contributed by atoms with Crippen LogP contribution in [0.15, 0.2) is 75.9 Å². The van der Waals surface area contributed by atoms with Crippen LogP contribution < -0.4 is 15.4 Å². The van der Waals surface area contributed by atoms with E-state index in [-0.39, 0.29) is 24.3 Å². The van der Waals surface area contributed by atoms with Gasteiger partial charge < -0.3 is 20.3 Å². The molecule has 2 aromatic rings. The van der Waals surface area contributed by atoms with Gasteiger partial charge in [0.1, 0.15) is 5.75 Å². The predicted octanol–water partition coefficient (Wildman–Crippen LogP) is 5.87. The molecule has 7 nitrogen and oxygen atoms in total. The summed E-state index contributed by atoms with van der Waals surface area (Å²) in [5.41, 5.74) is 3.37. The Kier molecular flexibility index (Phi) is 8.06. The lowest BCUT2D eigenvalue weighted by molar-refractivity contribution is -0.121. The average molecular weight is 525 g/mol. The van der Waals surface area contributed by atoms with Crippen LogP contribution in [-0.4, -0.2) is 35.0 Å². The fraction of sp³-hybridized carbons (Fsp3) is 0.296. The lowest BCUT2D eigenvalue weighted by Gasteiger charge is -2.36. The highest BCUT2D eigenvalue weighted by Gasteiger charge is 2.40. The van der Waals surface area contributed by atoms with Gasteiger partial charge >= 0.3 is 0 Å². The Balaban J connectivity index is 1.69. The van der Waals surface area contributed by atoms with Gasteiger partial charge in [0.25, 0.3) is 5.91 Å². The topological polar surface area (TPSA) is 83.0 Å². The number of halogens is 1. The van der Waals surface area contributed by atoms with Crippen LogP contribution >= 0.6 is 23.4 Å². The van der Waals surface area contributed by atoms with Gasteiger partial charge in [-0.25, -0.2) is 4.99 Å². The molecule has 2 heterocycles. The van der Waals surface area contributed by atoms with E-state index in [1.807, 2.05) is 49.3 Å². The molecule has 188 valence electrons. The maximum absolute atomic E-state index is 13.7. The Bertz CT molecular complexity index is 1260. The van der Waals surface area contributed by atoms with Crippen LogP contribution in [0.4, 0.5) is 5.69 Å². The van der Waals surface area contributed by atoms with Crippen molar-refractivity contribution in [3.8, 4) is 5.75 Å². The maximum Gasteiger partial charge on any atom is 0.255 e. The number of nitrogens with one attached hydrogen (secondary N) is 2. The summed E-state index contributed by atoms with van der Waals surface area (Å²) in [5, 5.41) is 9.24. The van der Waals surface area contributed by atoms with Gasteiger partial charge in [-0.05, 0) is 67.6 Å². The average Bonchev–Trinajstić information content (AvgIpc) is 3.24. The second-order valence-electron chi connectivity index (χ2n) is 8.68. The Hall–Kier alpha value is -3.23. The third-order valence-electron chi connectivity index (χ3n) is 6.12. The quantitative estimate of drug-likeness (QED) is 0.451. The summed E-state index contributed by atoms with van der Waals surface area (Å²) in [6.07, 6.45) is 1.03. The minimum Gasteiger partial charge on any atom is -0.497 e. The first kappa shape index (κ1) is 25.9. The van der Waals surface area contributed by atoms with E-state index in [0.29, 0.717) is 27.7 Å². The molecule has 0 aliphatic carbocycles. The Morgan fingerprint density at radius 1 is 1.22 bits per heavy atom. The summed E-state index contributed by atoms with van der Waals surface area (Å²) < 4.78 is 5.22. The van der Waals surface area contributed by atoms with Crippen LogP contribution in [0.2, 0.25) is 5.02 Å². The number of hydrogen-bond acceptors (Lipinski definition) is 6. The molecule has 0 fully saturated rings. The fourth-order valence-electron chi connectivity index (χ4n) is 4.12. The van der Waals surface area contributed by atoms with Crippen molar-refractivity contribution in [1.29, 1.82) is 0 Å². The van der Waals surface area contributed by atoms with Crippen molar-refractivity contribution in [2.24, 2.45) is 4.99 Å². The van der Waals surface area contributed by atoms with Crippen molar-refractivity contribution < 1.29 is 14.3 Å². The SMILES string of the molecule is CC[C@@H](C)NC(=O)CC1=CSC2=NC(C)=C(C(=O)Nc3ccc(OC)cc3)[C@@H](c3cccc(Cl)c3)N12. The number of benzene rings is 2. The first-order chi connectivity index (χ1) is 17.3. The van der Waals surface area contributed by atoms with Gasteiger partial charge in [-0.2, -0.15) is 0 Å². The molecule has 2 aromatic carbocycles. The van der Waals surface area contributed by atoms with E-state index in [9.17, 15) is 9.59 Å². The van der Waals surface area contributed by atoms with Crippen molar-refractivity contribution in [3.05, 3.63) is 81.5 Å². The molecule has 2 atom stereocenters. The zero-order valence-electron chi connectivity index (χ0n) is 20.7. The zero-order chi connectivity index (χ0) is 25.8. The smallest absolute Gasteiger partial charge is 0.255 e. The molecule has 0 saturated carbocycles. The highest BCUT2D eigenvalue weighted by molar-refractivity contribution is 8.16. The van der Waals surface area contributed by atoms with Crippen LogP contribution in [-0.2, 0) is 9.59 Å². The van der Waals surface area contributed by atoms with E-state index in [2.05, 4.69) is 10.6 Å². The molecule has 4 rings (SSSR count). The van der Waals surface area contributed by atoms with Crippen LogP contribution in [0.1, 0.15) is 45.2 Å². The third kappa shape index (κ3) is 5.60. The molecule has 2 aliphatic heterocycles. The highest BCUT2D eigenvalue weighted by Crippen LogP contribution is 2.45. The highest BCUT2D eigenvalue weighted by atomic mass is 35.5. The molecule has 0 unspecified atom stereocenters. The Morgan fingerprint density at radius 2 is 1.97 bits per heavy atom. The lowest BCUT2D eigenvalue weighted by atomic mass is 9.93. The molecule has 0 bridgehead atoms. The number of carbonyl (C=O) groups excluding carboxylic acids is 2. The van der Waals surface area contributed by atoms with Crippen molar-refractivity contribution in [2.45, 2.75) is 45.7 Å². The number of amidine groups is 1. The van der Waals surface area contributed by atoms with Gasteiger partial charge in [0.15, 0.2) is 5.17 Å². The number of aliphatic imine (C=N–C) groups is 1. The molecule has 0 spiro atoms. The monoisotopic (exact) mass is 524 g/mol. The number of methoxy groups -OCH3 is 1.